The van der Waals surface area contributed by atoms with Gasteiger partial charge in [0.25, 0.3) is 0 Å². The first-order valence-corrected chi connectivity index (χ1v) is 9.01. The number of morpholine rings is 1. The highest BCUT2D eigenvalue weighted by atomic mass is 16.5. The Hall–Kier alpha value is -0.820. The molecule has 3 rings (SSSR count). The maximum absolute atomic E-state index is 5.45. The molecule has 0 aromatic heterocycles. The Kier molecular flexibility index (Phi) is 5.46. The van der Waals surface area contributed by atoms with Crippen molar-refractivity contribution < 1.29 is 4.74 Å². The lowest BCUT2D eigenvalue weighted by Crippen LogP contribution is -2.59. The lowest BCUT2D eigenvalue weighted by Gasteiger charge is -2.46. The summed E-state index contributed by atoms with van der Waals surface area (Å²) in [6.45, 7) is 16.2. The third-order valence-electron chi connectivity index (χ3n) is 5.40. The van der Waals surface area contributed by atoms with Crippen LogP contribution in [0.5, 0.6) is 0 Å². The molecule has 2 saturated heterocycles. The molecule has 1 N–H and O–H groups in total. The fourth-order valence-corrected chi connectivity index (χ4v) is 3.50. The van der Waals surface area contributed by atoms with E-state index in [2.05, 4.69) is 52.0 Å². The predicted octanol–water partition coefficient (Wildman–Crippen LogP) is 0.0487. The van der Waals surface area contributed by atoms with Gasteiger partial charge in [-0.2, -0.15) is 0 Å². The van der Waals surface area contributed by atoms with Crippen LogP contribution in [0.25, 0.3) is 0 Å². The first kappa shape index (κ1) is 17.0. The molecule has 132 valence electrons. The molecule has 2 fully saturated rings. The molecule has 0 aliphatic carbocycles. The summed E-state index contributed by atoms with van der Waals surface area (Å²) in [4.78, 5) is 9.95. The van der Waals surface area contributed by atoms with E-state index in [0.29, 0.717) is 0 Å². The van der Waals surface area contributed by atoms with Crippen molar-refractivity contribution in [1.82, 2.24) is 24.9 Å². The number of rotatable bonds is 4. The first-order chi connectivity index (χ1) is 11.0. The quantitative estimate of drug-likeness (QED) is 0.787. The molecular formula is C17H33N5O. The van der Waals surface area contributed by atoms with Crippen molar-refractivity contribution in [1.29, 1.82) is 0 Å². The summed E-state index contributed by atoms with van der Waals surface area (Å²) in [5.74, 6) is 0. The van der Waals surface area contributed by atoms with Crippen molar-refractivity contribution in [3.8, 4) is 0 Å². The molecule has 0 atom stereocenters. The molecule has 0 saturated carbocycles. The Balaban J connectivity index is 1.59. The lowest BCUT2D eigenvalue weighted by atomic mass is 10.1. The molecule has 0 bridgehead atoms. The molecule has 3 aliphatic heterocycles. The molecule has 6 nitrogen and oxygen atoms in total. The molecule has 23 heavy (non-hydrogen) atoms. The Morgan fingerprint density at radius 3 is 2.43 bits per heavy atom. The van der Waals surface area contributed by atoms with Gasteiger partial charge in [-0.15, -0.1) is 0 Å². The van der Waals surface area contributed by atoms with Gasteiger partial charge in [0.1, 0.15) is 0 Å². The van der Waals surface area contributed by atoms with E-state index < -0.39 is 0 Å². The number of nitrogens with zero attached hydrogens (tertiary/aromatic N) is 4. The Morgan fingerprint density at radius 2 is 1.74 bits per heavy atom. The van der Waals surface area contributed by atoms with Gasteiger partial charge in [0.15, 0.2) is 0 Å². The second-order valence-electron chi connectivity index (χ2n) is 7.47. The van der Waals surface area contributed by atoms with Crippen LogP contribution in [-0.4, -0.2) is 104 Å². The number of likely N-dealkylation sites (N-methyl/N-ethyl adjacent to an activating group) is 1. The maximum Gasteiger partial charge on any atom is 0.0849 e. The van der Waals surface area contributed by atoms with Gasteiger partial charge in [-0.05, 0) is 20.9 Å². The van der Waals surface area contributed by atoms with Crippen molar-refractivity contribution in [2.75, 3.05) is 79.2 Å². The monoisotopic (exact) mass is 323 g/mol. The predicted molar refractivity (Wildman–Crippen MR) is 93.2 cm³/mol. The topological polar surface area (TPSA) is 34.2 Å². The van der Waals surface area contributed by atoms with E-state index in [1.165, 1.54) is 5.70 Å². The fraction of sp³-hybridized carbons (Fsp3) is 0.882. The SMILES string of the molecule is CN1CCN(C2=CN(CCN3CCOCC3)C(C)(C)NC2)CC1. The summed E-state index contributed by atoms with van der Waals surface area (Å²) < 4.78 is 5.45. The molecule has 0 radical (unpaired) electrons. The van der Waals surface area contributed by atoms with Crippen LogP contribution in [-0.2, 0) is 4.74 Å². The molecule has 6 heteroatoms. The van der Waals surface area contributed by atoms with Crippen LogP contribution in [0.3, 0.4) is 0 Å². The van der Waals surface area contributed by atoms with E-state index in [1.807, 2.05) is 0 Å². The zero-order valence-electron chi connectivity index (χ0n) is 15.1. The molecule has 3 heterocycles. The number of ether oxygens (including phenoxy) is 1. The minimum absolute atomic E-state index is 0.0301. The largest absolute Gasteiger partial charge is 0.379 e. The molecule has 3 aliphatic rings. The summed E-state index contributed by atoms with van der Waals surface area (Å²) in [6.07, 6.45) is 2.41. The van der Waals surface area contributed by atoms with Crippen molar-refractivity contribution in [2.24, 2.45) is 0 Å². The van der Waals surface area contributed by atoms with E-state index in [-0.39, 0.29) is 5.66 Å². The molecule has 0 unspecified atom stereocenters. The lowest BCUT2D eigenvalue weighted by molar-refractivity contribution is 0.0268. The summed E-state index contributed by atoms with van der Waals surface area (Å²) in [7, 11) is 2.21. The summed E-state index contributed by atoms with van der Waals surface area (Å²) in [6, 6.07) is 0. The summed E-state index contributed by atoms with van der Waals surface area (Å²) in [5, 5.41) is 3.71. The van der Waals surface area contributed by atoms with Crippen LogP contribution in [0, 0.1) is 0 Å². The normalized spacial score (nSPS) is 27.2. The van der Waals surface area contributed by atoms with Crippen molar-refractivity contribution >= 4 is 0 Å². The van der Waals surface area contributed by atoms with Gasteiger partial charge in [0.2, 0.25) is 0 Å². The van der Waals surface area contributed by atoms with Gasteiger partial charge >= 0.3 is 0 Å². The zero-order valence-corrected chi connectivity index (χ0v) is 15.1. The Morgan fingerprint density at radius 1 is 1.04 bits per heavy atom. The van der Waals surface area contributed by atoms with Gasteiger partial charge in [-0.25, -0.2) is 0 Å². The van der Waals surface area contributed by atoms with Crippen molar-refractivity contribution in [3.63, 3.8) is 0 Å². The van der Waals surface area contributed by atoms with Crippen LogP contribution in [0.1, 0.15) is 13.8 Å². The van der Waals surface area contributed by atoms with Gasteiger partial charge in [0.05, 0.1) is 18.9 Å². The van der Waals surface area contributed by atoms with Gasteiger partial charge < -0.3 is 19.4 Å². The average molecular weight is 323 g/mol. The van der Waals surface area contributed by atoms with Crippen LogP contribution in [0.4, 0.5) is 0 Å². The number of piperazine rings is 1. The van der Waals surface area contributed by atoms with E-state index in [4.69, 9.17) is 4.74 Å². The highest BCUT2D eigenvalue weighted by Crippen LogP contribution is 2.21. The standard InChI is InChI=1S/C17H33N5O/c1-17(2)18-14-16(21-7-4-19(3)5-8-21)15-22(17)9-6-20-10-12-23-13-11-20/h15,18H,4-14H2,1-3H3. The van der Waals surface area contributed by atoms with Crippen LogP contribution in [0.15, 0.2) is 11.9 Å². The number of hydrogen-bond donors (Lipinski definition) is 1. The van der Waals surface area contributed by atoms with Gasteiger partial charge in [-0.3, -0.25) is 10.2 Å². The number of nitrogens with one attached hydrogen (secondary N) is 1. The first-order valence-electron chi connectivity index (χ1n) is 9.01. The van der Waals surface area contributed by atoms with Gasteiger partial charge in [0, 0.05) is 70.8 Å². The minimum Gasteiger partial charge on any atom is -0.379 e. The average Bonchev–Trinajstić information content (AvgIpc) is 2.55. The zero-order chi connectivity index (χ0) is 16.3. The highest BCUT2D eigenvalue weighted by Gasteiger charge is 2.30. The van der Waals surface area contributed by atoms with Crippen LogP contribution >= 0.6 is 0 Å². The van der Waals surface area contributed by atoms with E-state index in [9.17, 15) is 0 Å². The van der Waals surface area contributed by atoms with Gasteiger partial charge in [-0.1, -0.05) is 0 Å². The van der Waals surface area contributed by atoms with Crippen LogP contribution in [0.2, 0.25) is 0 Å². The van der Waals surface area contributed by atoms with Crippen molar-refractivity contribution in [3.05, 3.63) is 11.9 Å². The molecular weight excluding hydrogens is 290 g/mol. The Bertz CT molecular complexity index is 411. The van der Waals surface area contributed by atoms with E-state index >= 15 is 0 Å². The third-order valence-corrected chi connectivity index (χ3v) is 5.40. The smallest absolute Gasteiger partial charge is 0.0849 e. The minimum atomic E-state index is 0.0301. The van der Waals surface area contributed by atoms with E-state index in [0.717, 1.165) is 72.1 Å². The highest BCUT2D eigenvalue weighted by molar-refractivity contribution is 5.11. The fourth-order valence-electron chi connectivity index (χ4n) is 3.50. The number of hydrogen-bond acceptors (Lipinski definition) is 6. The summed E-state index contributed by atoms with van der Waals surface area (Å²) in [5.41, 5.74) is 1.47. The molecule has 0 aromatic carbocycles. The van der Waals surface area contributed by atoms with Crippen LogP contribution < -0.4 is 5.32 Å². The molecule has 0 amide bonds. The maximum atomic E-state index is 5.45. The molecule has 0 aromatic rings. The second-order valence-corrected chi connectivity index (χ2v) is 7.47. The molecule has 0 spiro atoms. The second kappa shape index (κ2) is 7.38. The Labute approximate surface area is 141 Å². The van der Waals surface area contributed by atoms with E-state index in [1.54, 1.807) is 0 Å². The third kappa shape index (κ3) is 4.38. The van der Waals surface area contributed by atoms with Crippen molar-refractivity contribution in [2.45, 2.75) is 19.5 Å². The summed E-state index contributed by atoms with van der Waals surface area (Å²) >= 11 is 0.